The van der Waals surface area contributed by atoms with Gasteiger partial charge in [-0.1, -0.05) is 33.1 Å². The van der Waals surface area contributed by atoms with Gasteiger partial charge in [-0.25, -0.2) is 13.1 Å². The van der Waals surface area contributed by atoms with Gasteiger partial charge in [0.25, 0.3) is 0 Å². The van der Waals surface area contributed by atoms with Crippen LogP contribution in [0.4, 0.5) is 0 Å². The maximum Gasteiger partial charge on any atom is 0.215 e. The van der Waals surface area contributed by atoms with Gasteiger partial charge in [-0.2, -0.15) is 0 Å². The summed E-state index contributed by atoms with van der Waals surface area (Å²) >= 11 is 0. The lowest BCUT2D eigenvalue weighted by Crippen LogP contribution is -2.45. The fraction of sp³-hybridized carbons (Fsp3) is 1.00. The maximum atomic E-state index is 12.1. The zero-order valence-corrected chi connectivity index (χ0v) is 11.8. The van der Waals surface area contributed by atoms with Crippen molar-refractivity contribution in [2.75, 3.05) is 6.54 Å². The smallest absolute Gasteiger partial charge is 0.215 e. The van der Waals surface area contributed by atoms with E-state index in [2.05, 4.69) is 11.6 Å². The molecular weight excluding hydrogens is 236 g/mol. The lowest BCUT2D eigenvalue weighted by atomic mass is 9.98. The minimum absolute atomic E-state index is 0.100. The Morgan fingerprint density at radius 1 is 1.29 bits per heavy atom. The molecule has 0 aromatic carbocycles. The monoisotopic (exact) mass is 262 g/mol. The molecule has 1 fully saturated rings. The third-order valence-electron chi connectivity index (χ3n) is 3.83. The van der Waals surface area contributed by atoms with Crippen molar-refractivity contribution in [2.45, 2.75) is 63.7 Å². The first-order valence-corrected chi connectivity index (χ1v) is 8.27. The van der Waals surface area contributed by atoms with Crippen LogP contribution in [-0.2, 0) is 10.0 Å². The molecule has 0 heterocycles. The van der Waals surface area contributed by atoms with E-state index in [1.54, 1.807) is 0 Å². The number of nitrogens with two attached hydrogens (primary N) is 1. The Bertz CT molecular complexity index is 312. The third kappa shape index (κ3) is 4.23. The molecule has 1 aliphatic rings. The number of sulfonamides is 1. The summed E-state index contributed by atoms with van der Waals surface area (Å²) in [5, 5.41) is -0.446. The minimum Gasteiger partial charge on any atom is -0.329 e. The van der Waals surface area contributed by atoms with Gasteiger partial charge in [0.2, 0.25) is 10.0 Å². The second-order valence-corrected chi connectivity index (χ2v) is 7.14. The van der Waals surface area contributed by atoms with Crippen LogP contribution < -0.4 is 10.5 Å². The van der Waals surface area contributed by atoms with Crippen molar-refractivity contribution in [3.05, 3.63) is 0 Å². The molecule has 0 aliphatic heterocycles. The molecule has 4 nitrogen and oxygen atoms in total. The summed E-state index contributed by atoms with van der Waals surface area (Å²) in [4.78, 5) is 0. The van der Waals surface area contributed by atoms with Gasteiger partial charge in [-0.05, 0) is 25.2 Å². The first-order chi connectivity index (χ1) is 8.01. The van der Waals surface area contributed by atoms with Crippen molar-refractivity contribution < 1.29 is 8.42 Å². The molecule has 102 valence electrons. The summed E-state index contributed by atoms with van der Waals surface area (Å²) in [7, 11) is -3.25. The van der Waals surface area contributed by atoms with E-state index in [-0.39, 0.29) is 12.6 Å². The van der Waals surface area contributed by atoms with Crippen molar-refractivity contribution in [2.24, 2.45) is 11.7 Å². The van der Waals surface area contributed by atoms with Crippen molar-refractivity contribution in [3.8, 4) is 0 Å². The van der Waals surface area contributed by atoms with Gasteiger partial charge >= 0.3 is 0 Å². The first-order valence-electron chi connectivity index (χ1n) is 6.72. The van der Waals surface area contributed by atoms with E-state index >= 15 is 0 Å². The molecule has 1 aliphatic carbocycles. The Morgan fingerprint density at radius 2 is 1.94 bits per heavy atom. The average Bonchev–Trinajstić information content (AvgIpc) is 2.45. The highest BCUT2D eigenvalue weighted by Gasteiger charge is 2.28. The fourth-order valence-corrected chi connectivity index (χ4v) is 4.14. The predicted octanol–water partition coefficient (Wildman–Crippen LogP) is 1.61. The molecule has 0 aromatic heterocycles. The quantitative estimate of drug-likeness (QED) is 0.739. The third-order valence-corrected chi connectivity index (χ3v) is 5.87. The van der Waals surface area contributed by atoms with Crippen LogP contribution in [0.15, 0.2) is 0 Å². The lowest BCUT2D eigenvalue weighted by molar-refractivity contribution is 0.397. The van der Waals surface area contributed by atoms with Crippen LogP contribution in [0.2, 0.25) is 0 Å². The molecule has 1 saturated carbocycles. The molecule has 17 heavy (non-hydrogen) atoms. The summed E-state index contributed by atoms with van der Waals surface area (Å²) in [6.45, 7) is 4.21. The molecule has 0 saturated heterocycles. The Hall–Kier alpha value is -0.130. The molecule has 0 amide bonds. The predicted molar refractivity (Wildman–Crippen MR) is 71.2 cm³/mol. The molecule has 0 spiro atoms. The molecule has 3 N–H and O–H groups in total. The van der Waals surface area contributed by atoms with E-state index in [9.17, 15) is 8.42 Å². The van der Waals surface area contributed by atoms with E-state index in [1.807, 2.05) is 6.92 Å². The van der Waals surface area contributed by atoms with E-state index in [4.69, 9.17) is 5.73 Å². The van der Waals surface area contributed by atoms with Crippen LogP contribution in [0.25, 0.3) is 0 Å². The van der Waals surface area contributed by atoms with Gasteiger partial charge in [0.05, 0.1) is 5.25 Å². The summed E-state index contributed by atoms with van der Waals surface area (Å²) in [5.41, 5.74) is 5.52. The first kappa shape index (κ1) is 14.9. The molecule has 5 heteroatoms. The van der Waals surface area contributed by atoms with Crippen molar-refractivity contribution in [1.82, 2.24) is 4.72 Å². The fourth-order valence-electron chi connectivity index (χ4n) is 2.49. The van der Waals surface area contributed by atoms with Gasteiger partial charge in [0, 0.05) is 12.6 Å². The zero-order valence-electron chi connectivity index (χ0n) is 11.0. The number of hydrogen-bond acceptors (Lipinski definition) is 3. The van der Waals surface area contributed by atoms with Crippen LogP contribution in [0.3, 0.4) is 0 Å². The molecular formula is C12H26N2O2S. The molecule has 3 atom stereocenters. The van der Waals surface area contributed by atoms with Gasteiger partial charge in [0.15, 0.2) is 0 Å². The van der Waals surface area contributed by atoms with Crippen LogP contribution >= 0.6 is 0 Å². The standard InChI is InChI=1S/C12H26N2O2S/c1-3-11(9-13)17(15,16)14-12-8-6-4-5-7-10(12)2/h10-12,14H,3-9,13H2,1-2H3. The highest BCUT2D eigenvalue weighted by molar-refractivity contribution is 7.90. The van der Waals surface area contributed by atoms with Crippen LogP contribution in [0, 0.1) is 5.92 Å². The van der Waals surface area contributed by atoms with Gasteiger partial charge in [-0.15, -0.1) is 0 Å². The van der Waals surface area contributed by atoms with Gasteiger partial charge in [0.1, 0.15) is 0 Å². The highest BCUT2D eigenvalue weighted by Crippen LogP contribution is 2.24. The van der Waals surface area contributed by atoms with Crippen LogP contribution in [0.1, 0.15) is 52.4 Å². The molecule has 0 aromatic rings. The Morgan fingerprint density at radius 3 is 2.53 bits per heavy atom. The van der Waals surface area contributed by atoms with E-state index in [0.29, 0.717) is 12.3 Å². The summed E-state index contributed by atoms with van der Waals surface area (Å²) in [6, 6.07) is 0.100. The molecule has 3 unspecified atom stereocenters. The van der Waals surface area contributed by atoms with Crippen molar-refractivity contribution >= 4 is 10.0 Å². The van der Waals surface area contributed by atoms with Crippen molar-refractivity contribution in [3.63, 3.8) is 0 Å². The molecule has 1 rings (SSSR count). The Labute approximate surface area is 105 Å². The van der Waals surface area contributed by atoms with E-state index < -0.39 is 15.3 Å². The van der Waals surface area contributed by atoms with Crippen LogP contribution in [0.5, 0.6) is 0 Å². The molecule has 0 bridgehead atoms. The molecule has 0 radical (unpaired) electrons. The van der Waals surface area contributed by atoms with Crippen LogP contribution in [-0.4, -0.2) is 26.3 Å². The number of rotatable bonds is 5. The Kier molecular flexibility index (Phi) is 5.89. The summed E-state index contributed by atoms with van der Waals surface area (Å²) < 4.78 is 27.1. The van der Waals surface area contributed by atoms with Crippen molar-refractivity contribution in [1.29, 1.82) is 0 Å². The highest BCUT2D eigenvalue weighted by atomic mass is 32.2. The van der Waals surface area contributed by atoms with E-state index in [0.717, 1.165) is 19.3 Å². The minimum atomic E-state index is -3.25. The lowest BCUT2D eigenvalue weighted by Gasteiger charge is -2.25. The number of hydrogen-bond donors (Lipinski definition) is 2. The maximum absolute atomic E-state index is 12.1. The zero-order chi connectivity index (χ0) is 12.9. The average molecular weight is 262 g/mol. The van der Waals surface area contributed by atoms with Gasteiger partial charge in [-0.3, -0.25) is 0 Å². The topological polar surface area (TPSA) is 72.2 Å². The summed E-state index contributed by atoms with van der Waals surface area (Å²) in [6.07, 6.45) is 6.21. The second-order valence-electron chi connectivity index (χ2n) is 5.15. The number of nitrogens with one attached hydrogen (secondary N) is 1. The largest absolute Gasteiger partial charge is 0.329 e. The van der Waals surface area contributed by atoms with E-state index in [1.165, 1.54) is 12.8 Å². The normalized spacial score (nSPS) is 28.6. The second kappa shape index (κ2) is 6.71. The SMILES string of the molecule is CCC(CN)S(=O)(=O)NC1CCCCCC1C. The van der Waals surface area contributed by atoms with Gasteiger partial charge < -0.3 is 5.73 Å². The Balaban J connectivity index is 2.67. The summed E-state index contributed by atoms with van der Waals surface area (Å²) in [5.74, 6) is 0.433.